The molecule has 2 aromatic carbocycles. The van der Waals surface area contributed by atoms with Gasteiger partial charge in [-0.2, -0.15) is 0 Å². The van der Waals surface area contributed by atoms with Crippen LogP contribution in [0.25, 0.3) is 15.8 Å². The predicted octanol–water partition coefficient (Wildman–Crippen LogP) is 3.03. The van der Waals surface area contributed by atoms with Gasteiger partial charge in [-0.15, -0.1) is 11.3 Å². The van der Waals surface area contributed by atoms with E-state index in [4.69, 9.17) is 15.2 Å². The van der Waals surface area contributed by atoms with Gasteiger partial charge >= 0.3 is 0 Å². The average molecular weight is 367 g/mol. The van der Waals surface area contributed by atoms with Crippen molar-refractivity contribution < 1.29 is 14.3 Å². The second-order valence-corrected chi connectivity index (χ2v) is 6.86. The quantitative estimate of drug-likeness (QED) is 0.764. The molecule has 0 fully saturated rings. The van der Waals surface area contributed by atoms with Crippen LogP contribution in [-0.4, -0.2) is 31.5 Å². The van der Waals surface area contributed by atoms with Gasteiger partial charge in [-0.3, -0.25) is 4.79 Å². The van der Waals surface area contributed by atoms with Crippen LogP contribution in [-0.2, 0) is 4.79 Å². The minimum atomic E-state index is -0.0525. The van der Waals surface area contributed by atoms with Gasteiger partial charge in [0.15, 0.2) is 5.78 Å². The summed E-state index contributed by atoms with van der Waals surface area (Å²) in [5.74, 6) is 1.61. The zero-order valence-electron chi connectivity index (χ0n) is 14.4. The standard InChI is InChI=1S/C19H17N3O3S/c1-24-12-7-11(8-13(9-12)25-2)22-10-15(23)17(18(22)20)19-21-14-5-3-4-6-16(14)26-19/h3-9H,10,20H2,1-2H3. The molecule has 0 spiro atoms. The number of benzene rings is 2. The maximum Gasteiger partial charge on any atom is 0.189 e. The molecule has 132 valence electrons. The van der Waals surface area contributed by atoms with Crippen LogP contribution in [0.3, 0.4) is 0 Å². The molecule has 3 aromatic rings. The number of nitrogens with two attached hydrogens (primary N) is 1. The number of methoxy groups -OCH3 is 2. The van der Waals surface area contributed by atoms with Crippen LogP contribution in [0.1, 0.15) is 5.01 Å². The third-order valence-corrected chi connectivity index (χ3v) is 5.34. The summed E-state index contributed by atoms with van der Waals surface area (Å²) in [6.07, 6.45) is 0. The number of carbonyl (C=O) groups is 1. The number of nitrogens with zero attached hydrogens (tertiary/aromatic N) is 2. The number of aromatic nitrogens is 1. The number of ketones is 1. The van der Waals surface area contributed by atoms with Gasteiger partial charge in [0.1, 0.15) is 22.3 Å². The SMILES string of the molecule is COc1cc(OC)cc(N2CC(=O)C(c3nc4ccccc4s3)=C2N)c1. The molecule has 7 heteroatoms. The molecule has 0 aliphatic carbocycles. The summed E-state index contributed by atoms with van der Waals surface area (Å²) < 4.78 is 11.6. The van der Waals surface area contributed by atoms with Crippen LogP contribution < -0.4 is 20.1 Å². The lowest BCUT2D eigenvalue weighted by atomic mass is 10.2. The number of thiazole rings is 1. The zero-order valence-corrected chi connectivity index (χ0v) is 15.2. The van der Waals surface area contributed by atoms with E-state index in [-0.39, 0.29) is 12.3 Å². The topological polar surface area (TPSA) is 77.7 Å². The summed E-state index contributed by atoms with van der Waals surface area (Å²) in [7, 11) is 3.17. The van der Waals surface area contributed by atoms with Crippen LogP contribution in [0, 0.1) is 0 Å². The van der Waals surface area contributed by atoms with E-state index < -0.39 is 0 Å². The monoisotopic (exact) mass is 367 g/mol. The van der Waals surface area contributed by atoms with Crippen LogP contribution in [0.15, 0.2) is 48.3 Å². The van der Waals surface area contributed by atoms with E-state index in [2.05, 4.69) is 4.98 Å². The van der Waals surface area contributed by atoms with Gasteiger partial charge < -0.3 is 20.1 Å². The number of carbonyl (C=O) groups excluding carboxylic acids is 1. The first kappa shape index (κ1) is 16.4. The zero-order chi connectivity index (χ0) is 18.3. The summed E-state index contributed by atoms with van der Waals surface area (Å²) in [6, 6.07) is 13.2. The lowest BCUT2D eigenvalue weighted by Crippen LogP contribution is -2.25. The van der Waals surface area contributed by atoms with Crippen molar-refractivity contribution in [2.75, 3.05) is 25.7 Å². The van der Waals surface area contributed by atoms with Gasteiger partial charge in [0, 0.05) is 18.2 Å². The largest absolute Gasteiger partial charge is 0.497 e. The number of rotatable bonds is 4. The van der Waals surface area contributed by atoms with Crippen LogP contribution >= 0.6 is 11.3 Å². The molecular weight excluding hydrogens is 350 g/mol. The van der Waals surface area contributed by atoms with Gasteiger partial charge in [-0.1, -0.05) is 12.1 Å². The van der Waals surface area contributed by atoms with Gasteiger partial charge in [0.05, 0.1) is 42.2 Å². The fraction of sp³-hybridized carbons (Fsp3) is 0.158. The van der Waals surface area contributed by atoms with Gasteiger partial charge in [0.2, 0.25) is 0 Å². The highest BCUT2D eigenvalue weighted by Gasteiger charge is 2.32. The first-order chi connectivity index (χ1) is 12.6. The Balaban J connectivity index is 1.79. The maximum atomic E-state index is 12.7. The Labute approximate surface area is 154 Å². The number of anilines is 1. The van der Waals surface area contributed by atoms with Gasteiger partial charge in [-0.25, -0.2) is 4.98 Å². The Hall–Kier alpha value is -3.06. The average Bonchev–Trinajstić information content (AvgIpc) is 3.21. The number of hydrogen-bond acceptors (Lipinski definition) is 7. The number of hydrogen-bond donors (Lipinski definition) is 1. The summed E-state index contributed by atoms with van der Waals surface area (Å²) in [6.45, 7) is 0.160. The molecule has 1 aromatic heterocycles. The van der Waals surface area contributed by atoms with Crippen molar-refractivity contribution in [3.8, 4) is 11.5 Å². The molecule has 0 bridgehead atoms. The van der Waals surface area contributed by atoms with E-state index in [1.807, 2.05) is 36.4 Å². The predicted molar refractivity (Wildman–Crippen MR) is 103 cm³/mol. The first-order valence-electron chi connectivity index (χ1n) is 8.00. The van der Waals surface area contributed by atoms with E-state index in [1.54, 1.807) is 25.2 Å². The van der Waals surface area contributed by atoms with E-state index in [9.17, 15) is 4.79 Å². The molecule has 0 unspecified atom stereocenters. The molecule has 2 N–H and O–H groups in total. The molecule has 6 nitrogen and oxygen atoms in total. The Morgan fingerprint density at radius 1 is 1.12 bits per heavy atom. The summed E-state index contributed by atoms with van der Waals surface area (Å²) in [5, 5.41) is 0.645. The molecule has 1 aliphatic rings. The van der Waals surface area contributed by atoms with Crippen molar-refractivity contribution >= 4 is 38.6 Å². The normalized spacial score (nSPS) is 14.4. The first-order valence-corrected chi connectivity index (χ1v) is 8.82. The highest BCUT2D eigenvalue weighted by atomic mass is 32.1. The molecule has 0 atom stereocenters. The minimum Gasteiger partial charge on any atom is -0.497 e. The molecular formula is C19H17N3O3S. The van der Waals surface area contributed by atoms with Crippen LogP contribution in [0.4, 0.5) is 5.69 Å². The van der Waals surface area contributed by atoms with E-state index in [0.29, 0.717) is 27.9 Å². The molecule has 0 amide bonds. The van der Waals surface area contributed by atoms with Crippen molar-refractivity contribution in [1.29, 1.82) is 0 Å². The third-order valence-electron chi connectivity index (χ3n) is 4.28. The van der Waals surface area contributed by atoms with Crippen molar-refractivity contribution in [1.82, 2.24) is 4.98 Å². The van der Waals surface area contributed by atoms with Gasteiger partial charge in [0.25, 0.3) is 0 Å². The maximum absolute atomic E-state index is 12.7. The molecule has 1 aliphatic heterocycles. The number of para-hydroxylation sites is 1. The van der Waals surface area contributed by atoms with Crippen LogP contribution in [0.5, 0.6) is 11.5 Å². The van der Waals surface area contributed by atoms with E-state index >= 15 is 0 Å². The van der Waals surface area contributed by atoms with Crippen molar-refractivity contribution in [2.24, 2.45) is 5.73 Å². The molecule has 0 saturated carbocycles. The summed E-state index contributed by atoms with van der Waals surface area (Å²) in [5.41, 5.74) is 8.42. The molecule has 2 heterocycles. The summed E-state index contributed by atoms with van der Waals surface area (Å²) >= 11 is 1.47. The second kappa shape index (κ2) is 6.34. The smallest absolute Gasteiger partial charge is 0.189 e. The van der Waals surface area contributed by atoms with Crippen molar-refractivity contribution in [2.45, 2.75) is 0 Å². The number of fused-ring (bicyclic) bond motifs is 1. The molecule has 4 rings (SSSR count). The highest BCUT2D eigenvalue weighted by Crippen LogP contribution is 2.36. The lowest BCUT2D eigenvalue weighted by molar-refractivity contribution is -0.112. The van der Waals surface area contributed by atoms with Crippen LogP contribution in [0.2, 0.25) is 0 Å². The van der Waals surface area contributed by atoms with Crippen molar-refractivity contribution in [3.05, 3.63) is 53.3 Å². The molecule has 0 saturated heterocycles. The minimum absolute atomic E-state index is 0.0525. The summed E-state index contributed by atoms with van der Waals surface area (Å²) in [4.78, 5) is 19.0. The number of ether oxygens (including phenoxy) is 2. The lowest BCUT2D eigenvalue weighted by Gasteiger charge is -2.20. The van der Waals surface area contributed by atoms with Crippen molar-refractivity contribution in [3.63, 3.8) is 0 Å². The molecule has 26 heavy (non-hydrogen) atoms. The Bertz CT molecular complexity index is 986. The number of Topliss-reactive ketones (excluding diaryl/α,β-unsaturated/α-hetero) is 1. The fourth-order valence-electron chi connectivity index (χ4n) is 2.97. The molecule has 0 radical (unpaired) electrons. The van der Waals surface area contributed by atoms with Gasteiger partial charge in [-0.05, 0) is 12.1 Å². The highest BCUT2D eigenvalue weighted by molar-refractivity contribution is 7.19. The Morgan fingerprint density at radius 3 is 2.46 bits per heavy atom. The third kappa shape index (κ3) is 2.66. The van der Waals surface area contributed by atoms with E-state index in [1.165, 1.54) is 11.3 Å². The Morgan fingerprint density at radius 2 is 1.81 bits per heavy atom. The second-order valence-electron chi connectivity index (χ2n) is 5.83. The fourth-order valence-corrected chi connectivity index (χ4v) is 4.01. The van der Waals surface area contributed by atoms with E-state index in [0.717, 1.165) is 15.9 Å². The Kier molecular flexibility index (Phi) is 4.00.